The van der Waals surface area contributed by atoms with Gasteiger partial charge in [0.15, 0.2) is 0 Å². The van der Waals surface area contributed by atoms with E-state index in [4.69, 9.17) is 5.11 Å². The number of aliphatic hydroxyl groups excluding tert-OH is 1. The summed E-state index contributed by atoms with van der Waals surface area (Å²) in [5.41, 5.74) is 3.13. The number of carbonyl (C=O) groups is 1. The maximum absolute atomic E-state index is 12.4. The Bertz CT molecular complexity index is 666. The van der Waals surface area contributed by atoms with Crippen LogP contribution >= 0.6 is 0 Å². The molecule has 1 unspecified atom stereocenters. The SMILES string of the molecule is Cc1ccc(C(NC(=O)NCC(C)(C)CCO)c2ccccc2)cc1. The Balaban J connectivity index is 2.11. The van der Waals surface area contributed by atoms with Crippen LogP contribution in [0.2, 0.25) is 0 Å². The Hall–Kier alpha value is -2.33. The van der Waals surface area contributed by atoms with Crippen LogP contribution in [0.5, 0.6) is 0 Å². The monoisotopic (exact) mass is 340 g/mol. The van der Waals surface area contributed by atoms with Crippen LogP contribution in [-0.2, 0) is 0 Å². The van der Waals surface area contributed by atoms with Gasteiger partial charge in [-0.2, -0.15) is 0 Å². The third-order valence-corrected chi connectivity index (χ3v) is 4.34. The highest BCUT2D eigenvalue weighted by molar-refractivity contribution is 5.75. The number of hydrogen-bond donors (Lipinski definition) is 3. The predicted octanol–water partition coefficient (Wildman–Crippen LogP) is 3.79. The van der Waals surface area contributed by atoms with Gasteiger partial charge in [-0.15, -0.1) is 0 Å². The lowest BCUT2D eigenvalue weighted by Gasteiger charge is -2.25. The van der Waals surface area contributed by atoms with Crippen LogP contribution in [0.25, 0.3) is 0 Å². The Morgan fingerprint density at radius 2 is 1.64 bits per heavy atom. The molecule has 0 radical (unpaired) electrons. The first-order valence-corrected chi connectivity index (χ1v) is 8.68. The highest BCUT2D eigenvalue weighted by Crippen LogP contribution is 2.23. The number of rotatable bonds is 7. The van der Waals surface area contributed by atoms with E-state index in [0.717, 1.165) is 11.1 Å². The molecule has 0 aliphatic rings. The highest BCUT2D eigenvalue weighted by Gasteiger charge is 2.20. The molecule has 134 valence electrons. The minimum atomic E-state index is -0.208. The summed E-state index contributed by atoms with van der Waals surface area (Å²) < 4.78 is 0. The molecule has 2 aromatic carbocycles. The zero-order valence-corrected chi connectivity index (χ0v) is 15.3. The molecule has 0 spiro atoms. The largest absolute Gasteiger partial charge is 0.396 e. The van der Waals surface area contributed by atoms with Crippen molar-refractivity contribution in [3.05, 3.63) is 71.3 Å². The average molecular weight is 340 g/mol. The molecule has 0 aromatic heterocycles. The molecular formula is C21H28N2O2. The second-order valence-corrected chi connectivity index (χ2v) is 7.22. The Kier molecular flexibility index (Phi) is 6.59. The number of amides is 2. The Morgan fingerprint density at radius 1 is 1.04 bits per heavy atom. The molecule has 2 aromatic rings. The molecule has 0 aliphatic heterocycles. The standard InChI is InChI=1S/C21H28N2O2/c1-16-9-11-18(12-10-16)19(17-7-5-4-6-8-17)23-20(25)22-15-21(2,3)13-14-24/h4-12,19,24H,13-15H2,1-3H3,(H2,22,23,25). The van der Waals surface area contributed by atoms with E-state index in [1.54, 1.807) is 0 Å². The topological polar surface area (TPSA) is 61.4 Å². The van der Waals surface area contributed by atoms with Gasteiger partial charge in [-0.1, -0.05) is 74.0 Å². The maximum atomic E-state index is 12.4. The summed E-state index contributed by atoms with van der Waals surface area (Å²) in [4.78, 5) is 12.4. The second-order valence-electron chi connectivity index (χ2n) is 7.22. The first kappa shape index (κ1) is 19.0. The van der Waals surface area contributed by atoms with Crippen LogP contribution in [0.1, 0.15) is 43.0 Å². The van der Waals surface area contributed by atoms with Gasteiger partial charge in [0, 0.05) is 13.2 Å². The van der Waals surface area contributed by atoms with Gasteiger partial charge < -0.3 is 15.7 Å². The van der Waals surface area contributed by atoms with Crippen LogP contribution in [0.3, 0.4) is 0 Å². The Labute approximate surface area is 150 Å². The van der Waals surface area contributed by atoms with Crippen LogP contribution in [0, 0.1) is 12.3 Å². The minimum absolute atomic E-state index is 0.117. The quantitative estimate of drug-likeness (QED) is 0.718. The van der Waals surface area contributed by atoms with Crippen molar-refractivity contribution in [2.45, 2.75) is 33.2 Å². The predicted molar refractivity (Wildman–Crippen MR) is 101 cm³/mol. The van der Waals surface area contributed by atoms with Crippen molar-refractivity contribution in [2.75, 3.05) is 13.2 Å². The summed E-state index contributed by atoms with van der Waals surface area (Å²) in [6.07, 6.45) is 0.646. The van der Waals surface area contributed by atoms with Crippen molar-refractivity contribution < 1.29 is 9.90 Å². The lowest BCUT2D eigenvalue weighted by molar-refractivity contribution is 0.200. The third-order valence-electron chi connectivity index (χ3n) is 4.34. The Morgan fingerprint density at radius 3 is 2.24 bits per heavy atom. The minimum Gasteiger partial charge on any atom is -0.396 e. The van der Waals surface area contributed by atoms with Gasteiger partial charge in [0.25, 0.3) is 0 Å². The molecular weight excluding hydrogens is 312 g/mol. The smallest absolute Gasteiger partial charge is 0.315 e. The number of hydrogen-bond acceptors (Lipinski definition) is 2. The lowest BCUT2D eigenvalue weighted by Crippen LogP contribution is -2.42. The van der Waals surface area contributed by atoms with Crippen molar-refractivity contribution in [3.63, 3.8) is 0 Å². The van der Waals surface area contributed by atoms with Crippen LogP contribution in [0.15, 0.2) is 54.6 Å². The van der Waals surface area contributed by atoms with Crippen molar-refractivity contribution >= 4 is 6.03 Å². The molecule has 2 amide bonds. The number of aryl methyl sites for hydroxylation is 1. The molecule has 1 atom stereocenters. The average Bonchev–Trinajstić information content (AvgIpc) is 2.60. The number of urea groups is 1. The summed E-state index contributed by atoms with van der Waals surface area (Å²) in [5.74, 6) is 0. The molecule has 25 heavy (non-hydrogen) atoms. The summed E-state index contributed by atoms with van der Waals surface area (Å²) in [7, 11) is 0. The fourth-order valence-electron chi connectivity index (χ4n) is 2.66. The van der Waals surface area contributed by atoms with E-state index in [9.17, 15) is 4.79 Å². The van der Waals surface area contributed by atoms with Crippen molar-refractivity contribution in [3.8, 4) is 0 Å². The maximum Gasteiger partial charge on any atom is 0.315 e. The molecule has 0 saturated carbocycles. The van der Waals surface area contributed by atoms with Crippen molar-refractivity contribution in [1.82, 2.24) is 10.6 Å². The van der Waals surface area contributed by atoms with E-state index in [0.29, 0.717) is 13.0 Å². The molecule has 4 nitrogen and oxygen atoms in total. The molecule has 0 heterocycles. The fourth-order valence-corrected chi connectivity index (χ4v) is 2.66. The van der Waals surface area contributed by atoms with Gasteiger partial charge in [0.2, 0.25) is 0 Å². The summed E-state index contributed by atoms with van der Waals surface area (Å²) >= 11 is 0. The van der Waals surface area contributed by atoms with E-state index >= 15 is 0 Å². The summed E-state index contributed by atoms with van der Waals surface area (Å²) in [5, 5.41) is 15.1. The normalized spacial score (nSPS) is 12.5. The lowest BCUT2D eigenvalue weighted by atomic mass is 9.90. The molecule has 0 bridgehead atoms. The van der Waals surface area contributed by atoms with Gasteiger partial charge in [-0.05, 0) is 29.9 Å². The molecule has 0 saturated heterocycles. The number of carbonyl (C=O) groups excluding carboxylic acids is 1. The van der Waals surface area contributed by atoms with Gasteiger partial charge in [0.05, 0.1) is 6.04 Å². The van der Waals surface area contributed by atoms with Crippen molar-refractivity contribution in [1.29, 1.82) is 0 Å². The van der Waals surface area contributed by atoms with E-state index in [1.807, 2.05) is 63.2 Å². The molecule has 3 N–H and O–H groups in total. The number of aliphatic hydroxyl groups is 1. The summed E-state index contributed by atoms with van der Waals surface area (Å²) in [6, 6.07) is 17.7. The number of benzene rings is 2. The van der Waals surface area contributed by atoms with Crippen molar-refractivity contribution in [2.24, 2.45) is 5.41 Å². The van der Waals surface area contributed by atoms with Gasteiger partial charge in [-0.25, -0.2) is 4.79 Å². The summed E-state index contributed by atoms with van der Waals surface area (Å²) in [6.45, 7) is 6.72. The van der Waals surface area contributed by atoms with E-state index in [1.165, 1.54) is 5.56 Å². The van der Waals surface area contributed by atoms with Gasteiger partial charge in [-0.3, -0.25) is 0 Å². The van der Waals surface area contributed by atoms with Gasteiger partial charge in [0.1, 0.15) is 0 Å². The second kappa shape index (κ2) is 8.67. The number of nitrogens with one attached hydrogen (secondary N) is 2. The highest BCUT2D eigenvalue weighted by atomic mass is 16.3. The fraction of sp³-hybridized carbons (Fsp3) is 0.381. The van der Waals surface area contributed by atoms with Crippen LogP contribution < -0.4 is 10.6 Å². The molecule has 2 rings (SSSR count). The van der Waals surface area contributed by atoms with Gasteiger partial charge >= 0.3 is 6.03 Å². The van der Waals surface area contributed by atoms with E-state index in [-0.39, 0.29) is 24.1 Å². The molecule has 0 aliphatic carbocycles. The van der Waals surface area contributed by atoms with E-state index < -0.39 is 0 Å². The molecule has 4 heteroatoms. The van der Waals surface area contributed by atoms with E-state index in [2.05, 4.69) is 22.8 Å². The third kappa shape index (κ3) is 5.91. The van der Waals surface area contributed by atoms with Crippen LogP contribution in [0.4, 0.5) is 4.79 Å². The zero-order chi connectivity index (χ0) is 18.3. The first-order chi connectivity index (χ1) is 11.9. The van der Waals surface area contributed by atoms with Crippen LogP contribution in [-0.4, -0.2) is 24.3 Å². The zero-order valence-electron chi connectivity index (χ0n) is 15.3. The molecule has 0 fully saturated rings. The first-order valence-electron chi connectivity index (χ1n) is 8.68.